The van der Waals surface area contributed by atoms with Crippen LogP contribution in [0.25, 0.3) is 0 Å². The zero-order valence-corrected chi connectivity index (χ0v) is 14.1. The maximum atomic E-state index is 12.6. The van der Waals surface area contributed by atoms with Crippen molar-refractivity contribution >= 4 is 15.8 Å². The molecule has 1 N–H and O–H groups in total. The highest BCUT2D eigenvalue weighted by Gasteiger charge is 2.24. The first-order valence-corrected chi connectivity index (χ1v) is 8.75. The Kier molecular flexibility index (Phi) is 5.27. The van der Waals surface area contributed by atoms with Crippen LogP contribution in [0.1, 0.15) is 31.1 Å². The number of ketones is 1. The second-order valence-corrected chi connectivity index (χ2v) is 7.35. The molecule has 1 atom stereocenters. The highest BCUT2D eigenvalue weighted by molar-refractivity contribution is 7.89. The Morgan fingerprint density at radius 1 is 1.26 bits per heavy atom. The lowest BCUT2D eigenvalue weighted by Crippen LogP contribution is -2.42. The van der Waals surface area contributed by atoms with Crippen LogP contribution >= 0.6 is 0 Å². The quantitative estimate of drug-likeness (QED) is 0.773. The van der Waals surface area contributed by atoms with Crippen molar-refractivity contribution in [3.05, 3.63) is 42.2 Å². The van der Waals surface area contributed by atoms with E-state index >= 15 is 0 Å². The van der Waals surface area contributed by atoms with E-state index in [2.05, 4.69) is 14.9 Å². The number of nitrogens with zero attached hydrogens (tertiary/aromatic N) is 3. The molecule has 0 aliphatic rings. The van der Waals surface area contributed by atoms with Gasteiger partial charge in [0.05, 0.1) is 23.8 Å². The van der Waals surface area contributed by atoms with Gasteiger partial charge in [0.2, 0.25) is 10.0 Å². The fourth-order valence-corrected chi connectivity index (χ4v) is 3.47. The van der Waals surface area contributed by atoms with E-state index in [0.717, 1.165) is 0 Å². The standard InChI is InChI=1S/C15H20N4O3S/c1-11(2)15(10-19-16-7-8-17-19)18-23(21,22)14-6-4-5-13(9-14)12(3)20/h4-9,11,15,18H,10H2,1-3H3. The van der Waals surface area contributed by atoms with Crippen LogP contribution in [-0.4, -0.2) is 35.2 Å². The summed E-state index contributed by atoms with van der Waals surface area (Å²) in [5, 5.41) is 8.01. The molecule has 1 aromatic heterocycles. The Hall–Kier alpha value is -2.06. The molecule has 0 fully saturated rings. The summed E-state index contributed by atoms with van der Waals surface area (Å²) in [6.07, 6.45) is 3.09. The van der Waals surface area contributed by atoms with Gasteiger partial charge in [-0.2, -0.15) is 15.0 Å². The number of sulfonamides is 1. The number of carbonyl (C=O) groups excluding carboxylic acids is 1. The molecular formula is C15H20N4O3S. The van der Waals surface area contributed by atoms with Crippen molar-refractivity contribution in [2.75, 3.05) is 0 Å². The molecule has 0 radical (unpaired) electrons. The minimum absolute atomic E-state index is 0.0479. The van der Waals surface area contributed by atoms with E-state index in [1.165, 1.54) is 23.9 Å². The van der Waals surface area contributed by atoms with E-state index < -0.39 is 10.0 Å². The van der Waals surface area contributed by atoms with Crippen LogP contribution in [0.15, 0.2) is 41.6 Å². The molecule has 0 amide bonds. The third-order valence-corrected chi connectivity index (χ3v) is 4.98. The van der Waals surface area contributed by atoms with E-state index in [0.29, 0.717) is 12.1 Å². The minimum atomic E-state index is -3.73. The summed E-state index contributed by atoms with van der Waals surface area (Å²) in [4.78, 5) is 12.9. The van der Waals surface area contributed by atoms with Crippen LogP contribution in [0.3, 0.4) is 0 Å². The Bertz CT molecular complexity index is 770. The van der Waals surface area contributed by atoms with Crippen LogP contribution in [0.2, 0.25) is 0 Å². The molecule has 23 heavy (non-hydrogen) atoms. The highest BCUT2D eigenvalue weighted by atomic mass is 32.2. The van der Waals surface area contributed by atoms with Gasteiger partial charge in [-0.25, -0.2) is 13.1 Å². The number of aromatic nitrogens is 3. The van der Waals surface area contributed by atoms with Crippen molar-refractivity contribution in [2.45, 2.75) is 38.3 Å². The highest BCUT2D eigenvalue weighted by Crippen LogP contribution is 2.15. The predicted molar refractivity (Wildman–Crippen MR) is 85.4 cm³/mol. The molecule has 1 aromatic carbocycles. The number of Topliss-reactive ketones (excluding diaryl/α,β-unsaturated/α-hetero) is 1. The minimum Gasteiger partial charge on any atom is -0.295 e. The zero-order valence-electron chi connectivity index (χ0n) is 13.3. The summed E-state index contributed by atoms with van der Waals surface area (Å²) in [6, 6.07) is 5.64. The van der Waals surface area contributed by atoms with Crippen LogP contribution in [-0.2, 0) is 16.6 Å². The average Bonchev–Trinajstić information content (AvgIpc) is 2.99. The molecule has 1 heterocycles. The third kappa shape index (κ3) is 4.46. The molecule has 0 aliphatic heterocycles. The first kappa shape index (κ1) is 17.3. The molecule has 1 unspecified atom stereocenters. The number of benzene rings is 1. The molecule has 2 rings (SSSR count). The van der Waals surface area contributed by atoms with Crippen molar-refractivity contribution in [1.29, 1.82) is 0 Å². The molecular weight excluding hydrogens is 316 g/mol. The Morgan fingerprint density at radius 2 is 1.91 bits per heavy atom. The van der Waals surface area contributed by atoms with E-state index in [1.807, 2.05) is 13.8 Å². The van der Waals surface area contributed by atoms with Crippen LogP contribution in [0.4, 0.5) is 0 Å². The molecule has 0 aliphatic carbocycles. The molecule has 7 nitrogen and oxygen atoms in total. The lowest BCUT2D eigenvalue weighted by atomic mass is 10.1. The van der Waals surface area contributed by atoms with Crippen molar-refractivity contribution < 1.29 is 13.2 Å². The Balaban J connectivity index is 2.24. The number of carbonyl (C=O) groups is 1. The number of rotatable bonds is 7. The number of hydrogen-bond donors (Lipinski definition) is 1. The largest absolute Gasteiger partial charge is 0.295 e. The van der Waals surface area contributed by atoms with Crippen LogP contribution in [0.5, 0.6) is 0 Å². The summed E-state index contributed by atoms with van der Waals surface area (Å²) < 4.78 is 27.8. The first-order chi connectivity index (χ1) is 10.8. The molecule has 2 aromatic rings. The van der Waals surface area contributed by atoms with Gasteiger partial charge in [0.1, 0.15) is 0 Å². The second-order valence-electron chi connectivity index (χ2n) is 5.64. The van der Waals surface area contributed by atoms with Gasteiger partial charge in [-0.1, -0.05) is 26.0 Å². The predicted octanol–water partition coefficient (Wildman–Crippen LogP) is 1.48. The van der Waals surface area contributed by atoms with Gasteiger partial charge in [0.25, 0.3) is 0 Å². The maximum absolute atomic E-state index is 12.6. The van der Waals surface area contributed by atoms with Crippen molar-refractivity contribution in [3.63, 3.8) is 0 Å². The normalized spacial score (nSPS) is 13.2. The molecule has 8 heteroatoms. The lowest BCUT2D eigenvalue weighted by molar-refractivity contribution is 0.101. The van der Waals surface area contributed by atoms with Crippen molar-refractivity contribution in [1.82, 2.24) is 19.7 Å². The van der Waals surface area contributed by atoms with Crippen LogP contribution < -0.4 is 4.72 Å². The SMILES string of the molecule is CC(=O)c1cccc(S(=O)(=O)NC(Cn2nccn2)C(C)C)c1. The van der Waals surface area contributed by atoms with Gasteiger partial charge in [0.15, 0.2) is 5.78 Å². The van der Waals surface area contributed by atoms with Gasteiger partial charge in [-0.15, -0.1) is 0 Å². The zero-order chi connectivity index (χ0) is 17.0. The summed E-state index contributed by atoms with van der Waals surface area (Å²) in [5.41, 5.74) is 0.364. The first-order valence-electron chi connectivity index (χ1n) is 7.27. The van der Waals surface area contributed by atoms with E-state index in [-0.39, 0.29) is 22.6 Å². The van der Waals surface area contributed by atoms with Gasteiger partial charge in [0, 0.05) is 11.6 Å². The number of hydrogen-bond acceptors (Lipinski definition) is 5. The fraction of sp³-hybridized carbons (Fsp3) is 0.400. The van der Waals surface area contributed by atoms with Crippen molar-refractivity contribution in [3.8, 4) is 0 Å². The summed E-state index contributed by atoms with van der Waals surface area (Å²) in [5.74, 6) is -0.130. The third-order valence-electron chi connectivity index (χ3n) is 3.49. The molecule has 124 valence electrons. The smallest absolute Gasteiger partial charge is 0.240 e. The molecule has 0 saturated carbocycles. The Labute approximate surface area is 135 Å². The van der Waals surface area contributed by atoms with Crippen LogP contribution in [0, 0.1) is 5.92 Å². The average molecular weight is 336 g/mol. The molecule has 0 saturated heterocycles. The topological polar surface area (TPSA) is 94.0 Å². The fourth-order valence-electron chi connectivity index (χ4n) is 2.05. The van der Waals surface area contributed by atoms with Gasteiger partial charge in [-0.3, -0.25) is 4.79 Å². The molecule has 0 bridgehead atoms. The van der Waals surface area contributed by atoms with Gasteiger partial charge in [-0.05, 0) is 25.0 Å². The van der Waals surface area contributed by atoms with Gasteiger partial charge < -0.3 is 0 Å². The van der Waals surface area contributed by atoms with E-state index in [4.69, 9.17) is 0 Å². The lowest BCUT2D eigenvalue weighted by Gasteiger charge is -2.21. The summed E-state index contributed by atoms with van der Waals surface area (Å²) in [6.45, 7) is 5.57. The monoisotopic (exact) mass is 336 g/mol. The molecule has 0 spiro atoms. The Morgan fingerprint density at radius 3 is 2.48 bits per heavy atom. The second kappa shape index (κ2) is 7.01. The van der Waals surface area contributed by atoms with Gasteiger partial charge >= 0.3 is 0 Å². The van der Waals surface area contributed by atoms with Crippen molar-refractivity contribution in [2.24, 2.45) is 5.92 Å². The number of nitrogens with one attached hydrogen (secondary N) is 1. The summed E-state index contributed by atoms with van der Waals surface area (Å²) in [7, 11) is -3.73. The summed E-state index contributed by atoms with van der Waals surface area (Å²) >= 11 is 0. The van der Waals surface area contributed by atoms with E-state index in [9.17, 15) is 13.2 Å². The maximum Gasteiger partial charge on any atom is 0.240 e. The van der Waals surface area contributed by atoms with E-state index in [1.54, 1.807) is 24.5 Å².